The van der Waals surface area contributed by atoms with E-state index in [1.165, 1.54) is 18.2 Å². The third-order valence-electron chi connectivity index (χ3n) is 5.77. The highest BCUT2D eigenvalue weighted by Crippen LogP contribution is 2.24. The molecule has 2 aliphatic rings. The van der Waals surface area contributed by atoms with Crippen LogP contribution >= 0.6 is 0 Å². The minimum Gasteiger partial charge on any atom is -0.496 e. The quantitative estimate of drug-likeness (QED) is 0.426. The number of hydrogen-bond donors (Lipinski definition) is 2. The van der Waals surface area contributed by atoms with Crippen LogP contribution < -0.4 is 15.5 Å². The fourth-order valence-corrected chi connectivity index (χ4v) is 4.04. The molecule has 2 aromatic rings. The number of nitrogens with one attached hydrogen (secondary N) is 2. The van der Waals surface area contributed by atoms with Gasteiger partial charge in [-0.2, -0.15) is 0 Å². The third kappa shape index (κ3) is 6.96. The molecular formula is C24H30FN5O4. The van der Waals surface area contributed by atoms with Crippen LogP contribution in [-0.4, -0.2) is 59.9 Å². The van der Waals surface area contributed by atoms with Crippen LogP contribution in [0.2, 0.25) is 0 Å². The second-order valence-corrected chi connectivity index (χ2v) is 8.36. The van der Waals surface area contributed by atoms with Crippen molar-refractivity contribution in [1.82, 2.24) is 20.3 Å². The number of methoxy groups -OCH3 is 1. The number of ether oxygens (including phenoxy) is 2. The molecule has 2 saturated heterocycles. The summed E-state index contributed by atoms with van der Waals surface area (Å²) in [6.45, 7) is 2.95. The van der Waals surface area contributed by atoms with E-state index in [4.69, 9.17) is 14.3 Å². The van der Waals surface area contributed by atoms with Crippen molar-refractivity contribution in [2.75, 3.05) is 32.1 Å². The number of carbonyl (C=O) groups excluding carboxylic acids is 1. The Balaban J connectivity index is 1.22. The van der Waals surface area contributed by atoms with Crippen molar-refractivity contribution in [3.63, 3.8) is 0 Å². The van der Waals surface area contributed by atoms with E-state index in [1.807, 2.05) is 0 Å². The van der Waals surface area contributed by atoms with Gasteiger partial charge in [0.25, 0.3) is 5.91 Å². The number of hydrogen-bond acceptors (Lipinski definition) is 8. The van der Waals surface area contributed by atoms with Gasteiger partial charge < -0.3 is 14.8 Å². The summed E-state index contributed by atoms with van der Waals surface area (Å²) in [5.74, 6) is 0.695. The van der Waals surface area contributed by atoms with Gasteiger partial charge in [-0.1, -0.05) is 0 Å². The first-order valence-corrected chi connectivity index (χ1v) is 11.5. The first-order valence-electron chi connectivity index (χ1n) is 11.5. The zero-order chi connectivity index (χ0) is 23.8. The molecule has 10 heteroatoms. The summed E-state index contributed by atoms with van der Waals surface area (Å²) >= 11 is 0. The second-order valence-electron chi connectivity index (χ2n) is 8.36. The summed E-state index contributed by atoms with van der Waals surface area (Å²) < 4.78 is 24.4. The SMILES string of the molecule is COc1ccc(F)cc1CN1CC[C@@H](Nc2cnc(C=CC(=O)NOC3CCCCO3)cn2)C1. The molecule has 1 amide bonds. The number of hydroxylamine groups is 1. The highest BCUT2D eigenvalue weighted by atomic mass is 19.1. The molecular weight excluding hydrogens is 441 g/mol. The van der Waals surface area contributed by atoms with Crippen LogP contribution in [0.4, 0.5) is 10.2 Å². The normalized spacial score (nSPS) is 21.0. The first-order chi connectivity index (χ1) is 16.6. The van der Waals surface area contributed by atoms with E-state index < -0.39 is 6.29 Å². The van der Waals surface area contributed by atoms with Gasteiger partial charge in [0.15, 0.2) is 6.29 Å². The van der Waals surface area contributed by atoms with Gasteiger partial charge in [-0.15, -0.1) is 0 Å². The lowest BCUT2D eigenvalue weighted by atomic mass is 10.2. The van der Waals surface area contributed by atoms with E-state index in [2.05, 4.69) is 25.7 Å². The topological polar surface area (TPSA) is 97.8 Å². The second kappa shape index (κ2) is 11.9. The molecule has 0 radical (unpaired) electrons. The van der Waals surface area contributed by atoms with E-state index in [0.29, 0.717) is 30.4 Å². The molecule has 2 fully saturated rings. The van der Waals surface area contributed by atoms with Crippen molar-refractivity contribution in [2.45, 2.75) is 44.6 Å². The minimum atomic E-state index is -0.390. The van der Waals surface area contributed by atoms with Crippen LogP contribution in [0.15, 0.2) is 36.7 Å². The minimum absolute atomic E-state index is 0.208. The molecule has 3 heterocycles. The highest BCUT2D eigenvalue weighted by Gasteiger charge is 2.23. The smallest absolute Gasteiger partial charge is 0.267 e. The fraction of sp³-hybridized carbons (Fsp3) is 0.458. The molecule has 2 aliphatic heterocycles. The number of rotatable bonds is 9. The maximum absolute atomic E-state index is 13.6. The van der Waals surface area contributed by atoms with Crippen LogP contribution in [-0.2, 0) is 20.9 Å². The summed E-state index contributed by atoms with van der Waals surface area (Å²) in [6, 6.07) is 4.79. The number of aromatic nitrogens is 2. The Morgan fingerprint density at radius 3 is 2.97 bits per heavy atom. The van der Waals surface area contributed by atoms with Gasteiger partial charge in [0, 0.05) is 50.3 Å². The molecule has 1 aromatic carbocycles. The van der Waals surface area contributed by atoms with Crippen molar-refractivity contribution in [1.29, 1.82) is 0 Å². The van der Waals surface area contributed by atoms with Crippen molar-refractivity contribution in [2.24, 2.45) is 0 Å². The van der Waals surface area contributed by atoms with Crippen LogP contribution in [0.25, 0.3) is 6.08 Å². The monoisotopic (exact) mass is 471 g/mol. The van der Waals surface area contributed by atoms with Gasteiger partial charge in [0.1, 0.15) is 17.4 Å². The Morgan fingerprint density at radius 1 is 1.29 bits per heavy atom. The van der Waals surface area contributed by atoms with Gasteiger partial charge in [0.05, 0.1) is 25.2 Å². The zero-order valence-corrected chi connectivity index (χ0v) is 19.2. The molecule has 2 N–H and O–H groups in total. The lowest BCUT2D eigenvalue weighted by Gasteiger charge is -2.21. The van der Waals surface area contributed by atoms with Gasteiger partial charge in [0.2, 0.25) is 0 Å². The number of likely N-dealkylation sites (tertiary alicyclic amines) is 1. The van der Waals surface area contributed by atoms with Crippen LogP contribution in [0.3, 0.4) is 0 Å². The van der Waals surface area contributed by atoms with E-state index >= 15 is 0 Å². The largest absolute Gasteiger partial charge is 0.496 e. The molecule has 0 bridgehead atoms. The molecule has 9 nitrogen and oxygen atoms in total. The standard InChI is InChI=1S/C24H30FN5O4/c1-32-21-7-5-18(25)12-17(21)15-30-10-9-20(16-30)28-22-14-26-19(13-27-22)6-8-23(31)29-34-24-4-2-3-11-33-24/h5-8,12-14,20,24H,2-4,9-11,15-16H2,1H3,(H,27,28)(H,29,31)/t20-,24?/m1/s1. The maximum Gasteiger partial charge on any atom is 0.267 e. The van der Waals surface area contributed by atoms with E-state index in [1.54, 1.807) is 31.6 Å². The maximum atomic E-state index is 13.6. The number of anilines is 1. The van der Waals surface area contributed by atoms with Crippen molar-refractivity contribution in [3.05, 3.63) is 53.7 Å². The number of carbonyl (C=O) groups is 1. The van der Waals surface area contributed by atoms with Crippen LogP contribution in [0.5, 0.6) is 5.75 Å². The number of amides is 1. The van der Waals surface area contributed by atoms with Gasteiger partial charge in [-0.05, 0) is 43.5 Å². The third-order valence-corrected chi connectivity index (χ3v) is 5.77. The molecule has 0 spiro atoms. The highest BCUT2D eigenvalue weighted by molar-refractivity contribution is 5.90. The first kappa shape index (κ1) is 24.1. The molecule has 2 atom stereocenters. The zero-order valence-electron chi connectivity index (χ0n) is 19.2. The molecule has 0 saturated carbocycles. The average Bonchev–Trinajstić information content (AvgIpc) is 3.29. The van der Waals surface area contributed by atoms with Crippen LogP contribution in [0, 0.1) is 5.82 Å². The van der Waals surface area contributed by atoms with E-state index in [9.17, 15) is 9.18 Å². The lowest BCUT2D eigenvalue weighted by molar-refractivity contribution is -0.198. The van der Waals surface area contributed by atoms with Crippen molar-refractivity contribution >= 4 is 17.8 Å². The molecule has 1 aromatic heterocycles. The predicted molar refractivity (Wildman–Crippen MR) is 124 cm³/mol. The summed E-state index contributed by atoms with van der Waals surface area (Å²) in [4.78, 5) is 28.1. The summed E-state index contributed by atoms with van der Waals surface area (Å²) in [5.41, 5.74) is 3.76. The van der Waals surface area contributed by atoms with Gasteiger partial charge >= 0.3 is 0 Å². The van der Waals surface area contributed by atoms with Crippen LogP contribution in [0.1, 0.15) is 36.9 Å². The summed E-state index contributed by atoms with van der Waals surface area (Å²) in [6.07, 6.45) is 9.50. The molecule has 4 rings (SSSR count). The summed E-state index contributed by atoms with van der Waals surface area (Å²) in [5, 5.41) is 3.39. The van der Waals surface area contributed by atoms with E-state index in [-0.39, 0.29) is 17.8 Å². The fourth-order valence-electron chi connectivity index (χ4n) is 4.04. The number of benzene rings is 1. The Labute approximate surface area is 198 Å². The average molecular weight is 472 g/mol. The Morgan fingerprint density at radius 2 is 2.21 bits per heavy atom. The Bertz CT molecular complexity index is 982. The van der Waals surface area contributed by atoms with Gasteiger partial charge in [-0.25, -0.2) is 19.7 Å². The predicted octanol–water partition coefficient (Wildman–Crippen LogP) is 2.90. The number of halogens is 1. The molecule has 182 valence electrons. The van der Waals surface area contributed by atoms with Gasteiger partial charge in [-0.3, -0.25) is 14.7 Å². The van der Waals surface area contributed by atoms with Crippen molar-refractivity contribution in [3.8, 4) is 5.75 Å². The lowest BCUT2D eigenvalue weighted by Crippen LogP contribution is -2.32. The van der Waals surface area contributed by atoms with Crippen molar-refractivity contribution < 1.29 is 23.5 Å². The molecule has 34 heavy (non-hydrogen) atoms. The number of nitrogens with zero attached hydrogens (tertiary/aromatic N) is 3. The summed E-state index contributed by atoms with van der Waals surface area (Å²) in [7, 11) is 1.59. The molecule has 1 unspecified atom stereocenters. The molecule has 0 aliphatic carbocycles. The Hall–Kier alpha value is -3.08. The van der Waals surface area contributed by atoms with E-state index in [0.717, 1.165) is 44.3 Å². The Kier molecular flexibility index (Phi) is 8.40.